The standard InChI is InChI=1S/C25H31N5O/c1-20-3-5-21(6-4-20)18-30-19-23(22-7-9-26-10-8-22)17-24(30)25(31)27-11-12-29-15-13-28(2)14-16-29/h3-10,17,19H,11-16,18H2,1-2H3,(H,27,31). The van der Waals surface area contributed by atoms with Gasteiger partial charge in [-0.05, 0) is 43.3 Å². The van der Waals surface area contributed by atoms with Crippen LogP contribution in [-0.4, -0.2) is 71.6 Å². The van der Waals surface area contributed by atoms with E-state index in [0.29, 0.717) is 18.8 Å². The number of nitrogens with zero attached hydrogens (tertiary/aromatic N) is 4. The van der Waals surface area contributed by atoms with Gasteiger partial charge in [0.15, 0.2) is 0 Å². The number of hydrogen-bond acceptors (Lipinski definition) is 4. The number of benzene rings is 1. The second-order valence-corrected chi connectivity index (χ2v) is 8.36. The van der Waals surface area contributed by atoms with Gasteiger partial charge in [-0.15, -0.1) is 0 Å². The monoisotopic (exact) mass is 417 g/mol. The Kier molecular flexibility index (Phi) is 6.79. The second kappa shape index (κ2) is 9.90. The van der Waals surface area contributed by atoms with Gasteiger partial charge < -0.3 is 14.8 Å². The van der Waals surface area contributed by atoms with E-state index in [-0.39, 0.29) is 5.91 Å². The summed E-state index contributed by atoms with van der Waals surface area (Å²) in [6.07, 6.45) is 5.62. The maximum atomic E-state index is 13.1. The van der Waals surface area contributed by atoms with Crippen molar-refractivity contribution in [1.29, 1.82) is 0 Å². The molecule has 3 aromatic rings. The second-order valence-electron chi connectivity index (χ2n) is 8.36. The molecule has 3 heterocycles. The molecule has 6 heteroatoms. The lowest BCUT2D eigenvalue weighted by atomic mass is 10.1. The molecule has 0 radical (unpaired) electrons. The lowest BCUT2D eigenvalue weighted by molar-refractivity contribution is 0.0932. The number of carbonyl (C=O) groups is 1. The first-order valence-electron chi connectivity index (χ1n) is 10.9. The van der Waals surface area contributed by atoms with Crippen molar-refractivity contribution >= 4 is 5.91 Å². The topological polar surface area (TPSA) is 53.4 Å². The summed E-state index contributed by atoms with van der Waals surface area (Å²) in [6.45, 7) is 8.57. The summed E-state index contributed by atoms with van der Waals surface area (Å²) in [5.74, 6) is -0.0263. The zero-order chi connectivity index (χ0) is 21.6. The van der Waals surface area contributed by atoms with Crippen LogP contribution >= 0.6 is 0 Å². The number of likely N-dealkylation sites (N-methyl/N-ethyl adjacent to an activating group) is 1. The Morgan fingerprint density at radius 3 is 2.42 bits per heavy atom. The molecule has 1 saturated heterocycles. The van der Waals surface area contributed by atoms with Crippen LogP contribution < -0.4 is 5.32 Å². The van der Waals surface area contributed by atoms with Crippen molar-refractivity contribution in [3.05, 3.63) is 77.9 Å². The molecular weight excluding hydrogens is 386 g/mol. The Morgan fingerprint density at radius 1 is 1.00 bits per heavy atom. The van der Waals surface area contributed by atoms with Gasteiger partial charge in [0.1, 0.15) is 5.69 Å². The van der Waals surface area contributed by atoms with Crippen LogP contribution in [0.25, 0.3) is 11.1 Å². The van der Waals surface area contributed by atoms with E-state index in [1.54, 1.807) is 12.4 Å². The lowest BCUT2D eigenvalue weighted by Crippen LogP contribution is -2.47. The summed E-state index contributed by atoms with van der Waals surface area (Å²) in [6, 6.07) is 14.4. The molecule has 1 fully saturated rings. The van der Waals surface area contributed by atoms with Crippen LogP contribution in [0, 0.1) is 6.92 Å². The molecule has 0 bridgehead atoms. The van der Waals surface area contributed by atoms with Gasteiger partial charge in [-0.2, -0.15) is 0 Å². The maximum absolute atomic E-state index is 13.1. The van der Waals surface area contributed by atoms with E-state index in [4.69, 9.17) is 0 Å². The number of nitrogens with one attached hydrogen (secondary N) is 1. The van der Waals surface area contributed by atoms with Crippen LogP contribution in [0.15, 0.2) is 61.1 Å². The molecule has 31 heavy (non-hydrogen) atoms. The summed E-state index contributed by atoms with van der Waals surface area (Å²) in [7, 11) is 2.15. The summed E-state index contributed by atoms with van der Waals surface area (Å²) >= 11 is 0. The highest BCUT2D eigenvalue weighted by molar-refractivity contribution is 5.94. The molecule has 1 amide bonds. The van der Waals surface area contributed by atoms with Gasteiger partial charge in [0.2, 0.25) is 0 Å². The number of amides is 1. The van der Waals surface area contributed by atoms with Gasteiger partial charge in [0, 0.05) is 70.0 Å². The Labute approximate surface area is 184 Å². The Hall–Kier alpha value is -2.96. The number of pyridine rings is 1. The molecule has 1 N–H and O–H groups in total. The minimum Gasteiger partial charge on any atom is -0.349 e. The quantitative estimate of drug-likeness (QED) is 0.642. The fraction of sp³-hybridized carbons (Fsp3) is 0.360. The van der Waals surface area contributed by atoms with E-state index in [0.717, 1.165) is 43.9 Å². The van der Waals surface area contributed by atoms with Crippen LogP contribution in [0.1, 0.15) is 21.6 Å². The van der Waals surface area contributed by atoms with Gasteiger partial charge in [0.25, 0.3) is 5.91 Å². The maximum Gasteiger partial charge on any atom is 0.267 e. The Bertz CT molecular complexity index is 989. The molecule has 1 aliphatic heterocycles. The first-order chi connectivity index (χ1) is 15.1. The molecule has 0 unspecified atom stereocenters. The average Bonchev–Trinajstić information content (AvgIpc) is 3.21. The van der Waals surface area contributed by atoms with Crippen LogP contribution in [-0.2, 0) is 6.54 Å². The fourth-order valence-corrected chi connectivity index (χ4v) is 3.91. The fourth-order valence-electron chi connectivity index (χ4n) is 3.91. The number of aryl methyl sites for hydroxylation is 1. The van der Waals surface area contributed by atoms with Gasteiger partial charge in [0.05, 0.1) is 0 Å². The number of aromatic nitrogens is 2. The molecule has 1 aromatic carbocycles. The van der Waals surface area contributed by atoms with E-state index in [1.807, 2.05) is 22.8 Å². The molecule has 1 aliphatic rings. The van der Waals surface area contributed by atoms with E-state index >= 15 is 0 Å². The third kappa shape index (κ3) is 5.60. The predicted molar refractivity (Wildman–Crippen MR) is 124 cm³/mol. The van der Waals surface area contributed by atoms with Crippen molar-refractivity contribution in [3.8, 4) is 11.1 Å². The highest BCUT2D eigenvalue weighted by Gasteiger charge is 2.17. The number of hydrogen-bond donors (Lipinski definition) is 1. The smallest absolute Gasteiger partial charge is 0.267 e. The molecular formula is C25H31N5O. The normalized spacial score (nSPS) is 15.2. The Balaban J connectivity index is 1.48. The highest BCUT2D eigenvalue weighted by Crippen LogP contribution is 2.23. The molecule has 0 spiro atoms. The SMILES string of the molecule is Cc1ccc(Cn2cc(-c3ccncc3)cc2C(=O)NCCN2CCN(C)CC2)cc1. The van der Waals surface area contributed by atoms with Crippen molar-refractivity contribution < 1.29 is 4.79 Å². The van der Waals surface area contributed by atoms with Crippen molar-refractivity contribution in [2.45, 2.75) is 13.5 Å². The summed E-state index contributed by atoms with van der Waals surface area (Å²) in [5.41, 5.74) is 5.18. The number of piperazine rings is 1. The lowest BCUT2D eigenvalue weighted by Gasteiger charge is -2.32. The molecule has 4 rings (SSSR count). The van der Waals surface area contributed by atoms with Gasteiger partial charge in [-0.3, -0.25) is 14.7 Å². The van der Waals surface area contributed by atoms with E-state index in [2.05, 4.69) is 64.5 Å². The number of carbonyl (C=O) groups excluding carboxylic acids is 1. The van der Waals surface area contributed by atoms with Gasteiger partial charge in [-0.25, -0.2) is 0 Å². The summed E-state index contributed by atoms with van der Waals surface area (Å²) in [4.78, 5) is 21.9. The molecule has 2 aromatic heterocycles. The van der Waals surface area contributed by atoms with Crippen molar-refractivity contribution in [3.63, 3.8) is 0 Å². The molecule has 0 saturated carbocycles. The van der Waals surface area contributed by atoms with Gasteiger partial charge in [-0.1, -0.05) is 29.8 Å². The zero-order valence-corrected chi connectivity index (χ0v) is 18.4. The largest absolute Gasteiger partial charge is 0.349 e. The van der Waals surface area contributed by atoms with E-state index < -0.39 is 0 Å². The third-order valence-electron chi connectivity index (χ3n) is 5.93. The van der Waals surface area contributed by atoms with Crippen LogP contribution in [0.2, 0.25) is 0 Å². The molecule has 6 nitrogen and oxygen atoms in total. The average molecular weight is 418 g/mol. The minimum absolute atomic E-state index is 0.0263. The summed E-state index contributed by atoms with van der Waals surface area (Å²) < 4.78 is 2.05. The van der Waals surface area contributed by atoms with E-state index in [9.17, 15) is 4.79 Å². The highest BCUT2D eigenvalue weighted by atomic mass is 16.1. The molecule has 162 valence electrons. The van der Waals surface area contributed by atoms with Crippen LogP contribution in [0.4, 0.5) is 0 Å². The van der Waals surface area contributed by atoms with Crippen molar-refractivity contribution in [2.24, 2.45) is 0 Å². The van der Waals surface area contributed by atoms with Crippen LogP contribution in [0.5, 0.6) is 0 Å². The zero-order valence-electron chi connectivity index (χ0n) is 18.4. The number of rotatable bonds is 7. The predicted octanol–water partition coefficient (Wildman–Crippen LogP) is 2.88. The van der Waals surface area contributed by atoms with E-state index in [1.165, 1.54) is 11.1 Å². The molecule has 0 atom stereocenters. The molecule has 0 aliphatic carbocycles. The minimum atomic E-state index is -0.0263. The third-order valence-corrected chi connectivity index (χ3v) is 5.93. The van der Waals surface area contributed by atoms with Crippen molar-refractivity contribution in [1.82, 2.24) is 24.7 Å². The Morgan fingerprint density at radius 2 is 1.71 bits per heavy atom. The van der Waals surface area contributed by atoms with Gasteiger partial charge >= 0.3 is 0 Å². The summed E-state index contributed by atoms with van der Waals surface area (Å²) in [5, 5.41) is 3.13. The van der Waals surface area contributed by atoms with Crippen molar-refractivity contribution in [2.75, 3.05) is 46.3 Å². The first-order valence-corrected chi connectivity index (χ1v) is 10.9. The van der Waals surface area contributed by atoms with Crippen LogP contribution in [0.3, 0.4) is 0 Å². The first kappa shape index (κ1) is 21.3.